The second-order valence-electron chi connectivity index (χ2n) is 5.84. The molecule has 0 saturated carbocycles. The molecule has 5 nitrogen and oxygen atoms in total. The maximum absolute atomic E-state index is 11.0. The summed E-state index contributed by atoms with van der Waals surface area (Å²) >= 11 is 0. The van der Waals surface area contributed by atoms with Crippen LogP contribution in [0.5, 0.6) is 0 Å². The fourth-order valence-electron chi connectivity index (χ4n) is 1.97. The number of rotatable bonds is 6. The van der Waals surface area contributed by atoms with Crippen molar-refractivity contribution in [3.05, 3.63) is 34.1 Å². The molecule has 0 aliphatic rings. The molecule has 19 heavy (non-hydrogen) atoms. The molecule has 0 amide bonds. The zero-order valence-corrected chi connectivity index (χ0v) is 12.1. The van der Waals surface area contributed by atoms with E-state index in [9.17, 15) is 10.1 Å². The van der Waals surface area contributed by atoms with Gasteiger partial charge in [-0.1, -0.05) is 27.7 Å². The first-order chi connectivity index (χ1) is 8.86. The molecule has 0 aliphatic carbocycles. The van der Waals surface area contributed by atoms with Gasteiger partial charge in [-0.15, -0.1) is 0 Å². The van der Waals surface area contributed by atoms with E-state index in [1.807, 2.05) is 0 Å². The van der Waals surface area contributed by atoms with Crippen LogP contribution in [0.3, 0.4) is 0 Å². The summed E-state index contributed by atoms with van der Waals surface area (Å²) in [6, 6.07) is 1.94. The van der Waals surface area contributed by atoms with Crippen LogP contribution in [0.15, 0.2) is 18.5 Å². The van der Waals surface area contributed by atoms with Crippen molar-refractivity contribution in [1.82, 2.24) is 10.3 Å². The molecule has 0 spiro atoms. The number of nitrogens with one attached hydrogen (secondary N) is 1. The Balaban J connectivity index is 2.93. The van der Waals surface area contributed by atoms with E-state index in [1.165, 1.54) is 6.20 Å². The molecule has 1 unspecified atom stereocenters. The molecule has 0 saturated heterocycles. The molecule has 1 atom stereocenters. The van der Waals surface area contributed by atoms with E-state index in [0.717, 1.165) is 18.5 Å². The van der Waals surface area contributed by atoms with Gasteiger partial charge in [0.1, 0.15) is 6.20 Å². The Morgan fingerprint density at radius 1 is 1.47 bits per heavy atom. The van der Waals surface area contributed by atoms with Crippen LogP contribution in [0.4, 0.5) is 5.69 Å². The summed E-state index contributed by atoms with van der Waals surface area (Å²) in [5.74, 6) is 0. The third-order valence-corrected chi connectivity index (χ3v) is 3.19. The van der Waals surface area contributed by atoms with Crippen LogP contribution in [-0.2, 0) is 6.42 Å². The molecule has 1 aromatic heterocycles. The van der Waals surface area contributed by atoms with Gasteiger partial charge in [-0.25, -0.2) is 0 Å². The van der Waals surface area contributed by atoms with Crippen molar-refractivity contribution in [2.75, 3.05) is 6.54 Å². The molecule has 5 heteroatoms. The fourth-order valence-corrected chi connectivity index (χ4v) is 1.97. The standard InChI is InChI=1S/C14H23N3O2/c1-5-7-16-13(14(2,3)4)9-11-6-8-15-10-12(11)17(18)19/h6,8,10,13,16H,5,7,9H2,1-4H3. The van der Waals surface area contributed by atoms with Crippen LogP contribution >= 0.6 is 0 Å². The predicted molar refractivity (Wildman–Crippen MR) is 76.1 cm³/mol. The zero-order chi connectivity index (χ0) is 14.5. The SMILES string of the molecule is CCCNC(Cc1ccncc1[N+](=O)[O-])C(C)(C)C. The first-order valence-corrected chi connectivity index (χ1v) is 6.67. The Hall–Kier alpha value is -1.49. The number of hydrogen-bond acceptors (Lipinski definition) is 4. The molecular formula is C14H23N3O2. The molecule has 0 bridgehead atoms. The Morgan fingerprint density at radius 3 is 2.68 bits per heavy atom. The van der Waals surface area contributed by atoms with Gasteiger partial charge in [0.15, 0.2) is 0 Å². The second kappa shape index (κ2) is 6.61. The van der Waals surface area contributed by atoms with Crippen molar-refractivity contribution in [2.24, 2.45) is 5.41 Å². The van der Waals surface area contributed by atoms with Gasteiger partial charge >= 0.3 is 0 Å². The van der Waals surface area contributed by atoms with Gasteiger partial charge < -0.3 is 5.32 Å². The Kier molecular flexibility index (Phi) is 5.42. The lowest BCUT2D eigenvalue weighted by molar-refractivity contribution is -0.385. The van der Waals surface area contributed by atoms with E-state index in [4.69, 9.17) is 0 Å². The number of hydrogen-bond donors (Lipinski definition) is 1. The maximum atomic E-state index is 11.0. The van der Waals surface area contributed by atoms with E-state index in [-0.39, 0.29) is 22.1 Å². The van der Waals surface area contributed by atoms with Crippen molar-refractivity contribution in [2.45, 2.75) is 46.6 Å². The number of nitrogens with zero attached hydrogens (tertiary/aromatic N) is 2. The number of nitro groups is 1. The largest absolute Gasteiger partial charge is 0.313 e. The molecular weight excluding hydrogens is 242 g/mol. The number of pyridine rings is 1. The van der Waals surface area contributed by atoms with Gasteiger partial charge in [-0.05, 0) is 30.9 Å². The summed E-state index contributed by atoms with van der Waals surface area (Å²) in [5.41, 5.74) is 0.894. The molecule has 1 heterocycles. The predicted octanol–water partition coefficient (Wildman–Crippen LogP) is 2.95. The molecule has 0 radical (unpaired) electrons. The molecule has 106 valence electrons. The smallest absolute Gasteiger partial charge is 0.290 e. The first kappa shape index (κ1) is 15.6. The van der Waals surface area contributed by atoms with Crippen LogP contribution in [-0.4, -0.2) is 22.5 Å². The van der Waals surface area contributed by atoms with Crippen LogP contribution in [0.1, 0.15) is 39.7 Å². The summed E-state index contributed by atoms with van der Waals surface area (Å²) in [5, 5.41) is 14.5. The third-order valence-electron chi connectivity index (χ3n) is 3.19. The van der Waals surface area contributed by atoms with Crippen molar-refractivity contribution in [3.8, 4) is 0 Å². The quantitative estimate of drug-likeness (QED) is 0.634. The average Bonchev–Trinajstić information content (AvgIpc) is 2.33. The highest BCUT2D eigenvalue weighted by Crippen LogP contribution is 2.26. The Labute approximate surface area is 114 Å². The Bertz CT molecular complexity index is 427. The fraction of sp³-hybridized carbons (Fsp3) is 0.643. The van der Waals surface area contributed by atoms with E-state index < -0.39 is 0 Å². The van der Waals surface area contributed by atoms with Crippen LogP contribution in [0.25, 0.3) is 0 Å². The van der Waals surface area contributed by atoms with Crippen molar-refractivity contribution >= 4 is 5.69 Å². The zero-order valence-electron chi connectivity index (χ0n) is 12.1. The molecule has 1 rings (SSSR count). The first-order valence-electron chi connectivity index (χ1n) is 6.67. The summed E-state index contributed by atoms with van der Waals surface area (Å²) in [4.78, 5) is 14.5. The lowest BCUT2D eigenvalue weighted by atomic mass is 9.83. The van der Waals surface area contributed by atoms with Gasteiger partial charge in [-0.2, -0.15) is 0 Å². The molecule has 1 aromatic rings. The van der Waals surface area contributed by atoms with Crippen LogP contribution < -0.4 is 5.32 Å². The summed E-state index contributed by atoms with van der Waals surface area (Å²) in [6.07, 6.45) is 4.63. The monoisotopic (exact) mass is 265 g/mol. The Morgan fingerprint density at radius 2 is 2.16 bits per heavy atom. The van der Waals surface area contributed by atoms with Gasteiger partial charge in [0.2, 0.25) is 0 Å². The van der Waals surface area contributed by atoms with Gasteiger partial charge in [-0.3, -0.25) is 15.1 Å². The van der Waals surface area contributed by atoms with Gasteiger partial charge in [0.05, 0.1) is 4.92 Å². The summed E-state index contributed by atoms with van der Waals surface area (Å²) < 4.78 is 0. The highest BCUT2D eigenvalue weighted by atomic mass is 16.6. The van der Waals surface area contributed by atoms with Crippen LogP contribution in [0.2, 0.25) is 0 Å². The second-order valence-corrected chi connectivity index (χ2v) is 5.84. The van der Waals surface area contributed by atoms with Crippen molar-refractivity contribution in [1.29, 1.82) is 0 Å². The molecule has 0 fully saturated rings. The van der Waals surface area contributed by atoms with Crippen molar-refractivity contribution in [3.63, 3.8) is 0 Å². The third kappa shape index (κ3) is 4.59. The summed E-state index contributed by atoms with van der Waals surface area (Å²) in [7, 11) is 0. The van der Waals surface area contributed by atoms with Crippen molar-refractivity contribution < 1.29 is 4.92 Å². The highest BCUT2D eigenvalue weighted by Gasteiger charge is 2.26. The summed E-state index contributed by atoms with van der Waals surface area (Å²) in [6.45, 7) is 9.47. The lowest BCUT2D eigenvalue weighted by Crippen LogP contribution is -2.42. The minimum Gasteiger partial charge on any atom is -0.313 e. The van der Waals surface area contributed by atoms with E-state index in [0.29, 0.717) is 6.42 Å². The lowest BCUT2D eigenvalue weighted by Gasteiger charge is -2.31. The molecule has 0 aliphatic heterocycles. The number of aromatic nitrogens is 1. The van der Waals surface area contributed by atoms with E-state index in [2.05, 4.69) is 38.0 Å². The van der Waals surface area contributed by atoms with E-state index in [1.54, 1.807) is 12.3 Å². The minimum atomic E-state index is -0.359. The molecule has 0 aromatic carbocycles. The van der Waals surface area contributed by atoms with E-state index >= 15 is 0 Å². The van der Waals surface area contributed by atoms with Gasteiger partial charge in [0, 0.05) is 17.8 Å². The van der Waals surface area contributed by atoms with Crippen LogP contribution in [0, 0.1) is 15.5 Å². The minimum absolute atomic E-state index is 0.0479. The average molecular weight is 265 g/mol. The highest BCUT2D eigenvalue weighted by molar-refractivity contribution is 5.37. The maximum Gasteiger partial charge on any atom is 0.290 e. The topological polar surface area (TPSA) is 68.1 Å². The normalized spacial score (nSPS) is 13.3. The molecule has 1 N–H and O–H groups in total. The van der Waals surface area contributed by atoms with Gasteiger partial charge in [0.25, 0.3) is 5.69 Å².